The molecule has 6 heteroatoms. The highest BCUT2D eigenvalue weighted by atomic mass is 16.5. The van der Waals surface area contributed by atoms with Gasteiger partial charge >= 0.3 is 5.97 Å². The van der Waals surface area contributed by atoms with Gasteiger partial charge in [0.15, 0.2) is 5.92 Å². The number of hydrogen-bond donors (Lipinski definition) is 0. The first-order valence-corrected chi connectivity index (χ1v) is 9.14. The van der Waals surface area contributed by atoms with E-state index in [-0.39, 0.29) is 5.91 Å². The SMILES string of the molecule is CCN(C(=O)C(C(=O)OC)c1cnn(Cc2ccccc2)c1)c1ccccc1. The summed E-state index contributed by atoms with van der Waals surface area (Å²) in [4.78, 5) is 27.3. The Labute approximate surface area is 164 Å². The van der Waals surface area contributed by atoms with E-state index in [1.54, 1.807) is 22.0 Å². The van der Waals surface area contributed by atoms with Gasteiger partial charge in [-0.1, -0.05) is 48.5 Å². The summed E-state index contributed by atoms with van der Waals surface area (Å²) >= 11 is 0. The summed E-state index contributed by atoms with van der Waals surface area (Å²) in [6, 6.07) is 19.1. The molecule has 28 heavy (non-hydrogen) atoms. The molecule has 0 N–H and O–H groups in total. The Hall–Kier alpha value is -3.41. The molecule has 1 unspecified atom stereocenters. The molecule has 0 aliphatic rings. The minimum absolute atomic E-state index is 0.334. The lowest BCUT2D eigenvalue weighted by Gasteiger charge is -2.24. The number of amides is 1. The average molecular weight is 377 g/mol. The zero-order valence-electron chi connectivity index (χ0n) is 16.0. The highest BCUT2D eigenvalue weighted by Crippen LogP contribution is 2.24. The van der Waals surface area contributed by atoms with E-state index < -0.39 is 11.9 Å². The molecular formula is C22H23N3O3. The lowest BCUT2D eigenvalue weighted by Crippen LogP contribution is -2.38. The molecule has 0 radical (unpaired) electrons. The molecule has 0 fully saturated rings. The molecule has 0 aliphatic heterocycles. The van der Waals surface area contributed by atoms with Crippen molar-refractivity contribution >= 4 is 17.6 Å². The van der Waals surface area contributed by atoms with Crippen LogP contribution in [0, 0.1) is 0 Å². The van der Waals surface area contributed by atoms with E-state index >= 15 is 0 Å². The highest BCUT2D eigenvalue weighted by Gasteiger charge is 2.34. The number of carbonyl (C=O) groups is 2. The van der Waals surface area contributed by atoms with Gasteiger partial charge in [0, 0.05) is 24.0 Å². The maximum atomic E-state index is 13.2. The van der Waals surface area contributed by atoms with Gasteiger partial charge < -0.3 is 9.64 Å². The van der Waals surface area contributed by atoms with Crippen molar-refractivity contribution in [1.29, 1.82) is 0 Å². The minimum Gasteiger partial charge on any atom is -0.468 e. The quantitative estimate of drug-likeness (QED) is 0.468. The number of anilines is 1. The molecule has 2 aromatic carbocycles. The third-order valence-electron chi connectivity index (χ3n) is 4.51. The maximum absolute atomic E-state index is 13.2. The summed E-state index contributed by atoms with van der Waals surface area (Å²) in [5, 5.41) is 4.33. The van der Waals surface area contributed by atoms with Crippen LogP contribution in [-0.4, -0.2) is 35.3 Å². The van der Waals surface area contributed by atoms with Crippen LogP contribution in [-0.2, 0) is 20.9 Å². The van der Waals surface area contributed by atoms with Crippen molar-refractivity contribution in [2.75, 3.05) is 18.6 Å². The van der Waals surface area contributed by atoms with E-state index in [1.165, 1.54) is 7.11 Å². The molecule has 1 heterocycles. The first kappa shape index (κ1) is 19.4. The smallest absolute Gasteiger partial charge is 0.322 e. The van der Waals surface area contributed by atoms with Gasteiger partial charge in [-0.3, -0.25) is 14.3 Å². The van der Waals surface area contributed by atoms with Crippen molar-refractivity contribution < 1.29 is 14.3 Å². The molecule has 144 valence electrons. The minimum atomic E-state index is -1.06. The van der Waals surface area contributed by atoms with E-state index in [9.17, 15) is 9.59 Å². The maximum Gasteiger partial charge on any atom is 0.322 e. The normalized spacial score (nSPS) is 11.6. The summed E-state index contributed by atoms with van der Waals surface area (Å²) in [6.07, 6.45) is 3.28. The van der Waals surface area contributed by atoms with Crippen molar-refractivity contribution in [2.24, 2.45) is 0 Å². The van der Waals surface area contributed by atoms with Crippen LogP contribution < -0.4 is 4.90 Å². The molecule has 3 rings (SSSR count). The molecule has 1 amide bonds. The average Bonchev–Trinajstić information content (AvgIpc) is 3.18. The van der Waals surface area contributed by atoms with Gasteiger partial charge in [-0.15, -0.1) is 0 Å². The molecule has 6 nitrogen and oxygen atoms in total. The molecular weight excluding hydrogens is 354 g/mol. The lowest BCUT2D eigenvalue weighted by atomic mass is 10.0. The number of hydrogen-bond acceptors (Lipinski definition) is 4. The van der Waals surface area contributed by atoms with Crippen LogP contribution in [0.3, 0.4) is 0 Å². The van der Waals surface area contributed by atoms with Crippen molar-refractivity contribution in [3.8, 4) is 0 Å². The molecule has 0 saturated carbocycles. The van der Waals surface area contributed by atoms with Gasteiger partial charge in [0.25, 0.3) is 0 Å². The third-order valence-corrected chi connectivity index (χ3v) is 4.51. The predicted octanol–water partition coefficient (Wildman–Crippen LogP) is 3.24. The van der Waals surface area contributed by atoms with Crippen LogP contribution in [0.2, 0.25) is 0 Å². The predicted molar refractivity (Wildman–Crippen MR) is 107 cm³/mol. The van der Waals surface area contributed by atoms with Gasteiger partial charge in [-0.2, -0.15) is 5.10 Å². The Bertz CT molecular complexity index is 922. The zero-order chi connectivity index (χ0) is 19.9. The number of carbonyl (C=O) groups excluding carboxylic acids is 2. The molecule has 0 bridgehead atoms. The number of benzene rings is 2. The van der Waals surface area contributed by atoms with Gasteiger partial charge in [0.05, 0.1) is 19.9 Å². The van der Waals surface area contributed by atoms with Crippen molar-refractivity contribution in [2.45, 2.75) is 19.4 Å². The number of esters is 1. The Balaban J connectivity index is 1.88. The second-order valence-corrected chi connectivity index (χ2v) is 6.33. The van der Waals surface area contributed by atoms with E-state index in [0.29, 0.717) is 18.7 Å². The van der Waals surface area contributed by atoms with Crippen LogP contribution in [0.15, 0.2) is 73.1 Å². The first-order chi connectivity index (χ1) is 13.6. The Morgan fingerprint density at radius 3 is 2.32 bits per heavy atom. The van der Waals surface area contributed by atoms with E-state index in [2.05, 4.69) is 5.10 Å². The fraction of sp³-hybridized carbons (Fsp3) is 0.227. The number of rotatable bonds is 7. The van der Waals surface area contributed by atoms with E-state index in [0.717, 1.165) is 11.3 Å². The summed E-state index contributed by atoms with van der Waals surface area (Å²) in [5.41, 5.74) is 2.33. The summed E-state index contributed by atoms with van der Waals surface area (Å²) in [6.45, 7) is 2.87. The van der Waals surface area contributed by atoms with E-state index in [4.69, 9.17) is 4.74 Å². The molecule has 3 aromatic rings. The van der Waals surface area contributed by atoms with Crippen LogP contribution >= 0.6 is 0 Å². The van der Waals surface area contributed by atoms with E-state index in [1.807, 2.05) is 67.6 Å². The van der Waals surface area contributed by atoms with Crippen LogP contribution in [0.25, 0.3) is 0 Å². The van der Waals surface area contributed by atoms with Gasteiger partial charge in [-0.05, 0) is 24.6 Å². The van der Waals surface area contributed by atoms with Crippen LogP contribution in [0.5, 0.6) is 0 Å². The summed E-state index contributed by atoms with van der Waals surface area (Å²) < 4.78 is 6.64. The van der Waals surface area contributed by atoms with Crippen molar-refractivity contribution in [3.63, 3.8) is 0 Å². The summed E-state index contributed by atoms with van der Waals surface area (Å²) in [7, 11) is 1.29. The zero-order valence-corrected chi connectivity index (χ0v) is 16.0. The Morgan fingerprint density at radius 1 is 1.07 bits per heavy atom. The highest BCUT2D eigenvalue weighted by molar-refractivity contribution is 6.10. The van der Waals surface area contributed by atoms with Crippen molar-refractivity contribution in [1.82, 2.24) is 9.78 Å². The van der Waals surface area contributed by atoms with Crippen LogP contribution in [0.4, 0.5) is 5.69 Å². The molecule has 1 aromatic heterocycles. The first-order valence-electron chi connectivity index (χ1n) is 9.14. The largest absolute Gasteiger partial charge is 0.468 e. The second-order valence-electron chi connectivity index (χ2n) is 6.33. The number of methoxy groups -OCH3 is 1. The van der Waals surface area contributed by atoms with Crippen molar-refractivity contribution in [3.05, 3.63) is 84.2 Å². The number of para-hydroxylation sites is 1. The second kappa shape index (κ2) is 8.99. The number of ether oxygens (including phenoxy) is 1. The lowest BCUT2D eigenvalue weighted by molar-refractivity contribution is -0.145. The third kappa shape index (κ3) is 4.28. The monoisotopic (exact) mass is 377 g/mol. The Kier molecular flexibility index (Phi) is 6.22. The van der Waals surface area contributed by atoms with Crippen LogP contribution in [0.1, 0.15) is 24.0 Å². The number of aromatic nitrogens is 2. The topological polar surface area (TPSA) is 64.4 Å². The molecule has 0 aliphatic carbocycles. The molecule has 0 spiro atoms. The fourth-order valence-corrected chi connectivity index (χ4v) is 3.11. The van der Waals surface area contributed by atoms with Gasteiger partial charge in [0.2, 0.25) is 5.91 Å². The number of nitrogens with zero attached hydrogens (tertiary/aromatic N) is 3. The molecule has 0 saturated heterocycles. The summed E-state index contributed by atoms with van der Waals surface area (Å²) in [5.74, 6) is -1.99. The Morgan fingerprint density at radius 2 is 1.71 bits per heavy atom. The standard InChI is InChI=1S/C22H23N3O3/c1-3-25(19-12-8-5-9-13-19)21(26)20(22(27)28-2)18-14-23-24(16-18)15-17-10-6-4-7-11-17/h4-14,16,20H,3,15H2,1-2H3. The fourth-order valence-electron chi connectivity index (χ4n) is 3.11. The number of likely N-dealkylation sites (N-methyl/N-ethyl adjacent to an activating group) is 1. The molecule has 1 atom stereocenters. The van der Waals surface area contributed by atoms with Gasteiger partial charge in [0.1, 0.15) is 0 Å². The van der Waals surface area contributed by atoms with Gasteiger partial charge in [-0.25, -0.2) is 0 Å².